The average Bonchev–Trinajstić information content (AvgIpc) is 3.05. The van der Waals surface area contributed by atoms with E-state index in [0.29, 0.717) is 5.95 Å². The first-order valence-corrected chi connectivity index (χ1v) is 8.59. The highest BCUT2D eigenvalue weighted by Crippen LogP contribution is 2.25. The second-order valence-electron chi connectivity index (χ2n) is 6.33. The van der Waals surface area contributed by atoms with E-state index in [-0.39, 0.29) is 0 Å². The van der Waals surface area contributed by atoms with Gasteiger partial charge >= 0.3 is 0 Å². The fourth-order valence-electron chi connectivity index (χ4n) is 3.41. The number of benzene rings is 1. The number of nitrogens with zero attached hydrogens (tertiary/aromatic N) is 4. The van der Waals surface area contributed by atoms with E-state index in [2.05, 4.69) is 37.5 Å². The van der Waals surface area contributed by atoms with E-state index in [0.717, 1.165) is 69.7 Å². The lowest BCUT2D eigenvalue weighted by Crippen LogP contribution is -2.37. The van der Waals surface area contributed by atoms with Crippen molar-refractivity contribution in [3.8, 4) is 0 Å². The molecule has 1 N–H and O–H groups in total. The maximum absolute atomic E-state index is 5.36. The van der Waals surface area contributed by atoms with Gasteiger partial charge in [0.15, 0.2) is 0 Å². The molecule has 1 fully saturated rings. The number of ether oxygens (including phenoxy) is 1. The molecule has 0 bridgehead atoms. The minimum Gasteiger partial charge on any atom is -0.379 e. The summed E-state index contributed by atoms with van der Waals surface area (Å²) in [5.74, 6) is 0.637. The summed E-state index contributed by atoms with van der Waals surface area (Å²) in [6.07, 6.45) is 4.64. The van der Waals surface area contributed by atoms with Crippen molar-refractivity contribution in [1.82, 2.24) is 20.1 Å². The Morgan fingerprint density at radius 1 is 1.04 bits per heavy atom. The molecule has 122 valence electrons. The van der Waals surface area contributed by atoms with Crippen LogP contribution in [0.25, 0.3) is 11.0 Å². The van der Waals surface area contributed by atoms with Gasteiger partial charge in [-0.15, -0.1) is 10.2 Å². The molecule has 1 aromatic carbocycles. The van der Waals surface area contributed by atoms with Gasteiger partial charge < -0.3 is 10.1 Å². The number of aromatic nitrogens is 3. The van der Waals surface area contributed by atoms with Gasteiger partial charge in [0, 0.05) is 19.6 Å². The highest BCUT2D eigenvalue weighted by molar-refractivity contribution is 5.77. The first-order chi connectivity index (χ1) is 11.4. The van der Waals surface area contributed by atoms with Gasteiger partial charge in [-0.3, -0.25) is 4.90 Å². The largest absolute Gasteiger partial charge is 0.379 e. The minimum absolute atomic E-state index is 0.637. The van der Waals surface area contributed by atoms with Crippen LogP contribution in [0.3, 0.4) is 0 Å². The number of fused-ring (bicyclic) bond motifs is 2. The molecule has 0 radical (unpaired) electrons. The molecule has 0 amide bonds. The second-order valence-corrected chi connectivity index (χ2v) is 6.33. The molecule has 6 heteroatoms. The van der Waals surface area contributed by atoms with E-state index in [1.54, 1.807) is 0 Å². The van der Waals surface area contributed by atoms with Crippen molar-refractivity contribution in [3.05, 3.63) is 23.3 Å². The van der Waals surface area contributed by atoms with E-state index < -0.39 is 0 Å². The molecule has 1 aliphatic carbocycles. The first kappa shape index (κ1) is 14.8. The molecule has 1 aromatic heterocycles. The summed E-state index contributed by atoms with van der Waals surface area (Å²) >= 11 is 0. The van der Waals surface area contributed by atoms with Crippen LogP contribution >= 0.6 is 0 Å². The Balaban J connectivity index is 1.34. The minimum atomic E-state index is 0.637. The van der Waals surface area contributed by atoms with Gasteiger partial charge in [0.2, 0.25) is 5.95 Å². The van der Waals surface area contributed by atoms with Crippen molar-refractivity contribution in [2.75, 3.05) is 44.7 Å². The van der Waals surface area contributed by atoms with Crippen molar-refractivity contribution in [2.45, 2.75) is 25.7 Å². The number of hydrogen-bond donors (Lipinski definition) is 1. The van der Waals surface area contributed by atoms with Crippen LogP contribution in [-0.2, 0) is 17.6 Å². The maximum atomic E-state index is 5.36. The Kier molecular flexibility index (Phi) is 4.35. The summed E-state index contributed by atoms with van der Waals surface area (Å²) < 4.78 is 5.36. The maximum Gasteiger partial charge on any atom is 0.243 e. The van der Waals surface area contributed by atoms with Crippen molar-refractivity contribution >= 4 is 17.0 Å². The molecule has 6 nitrogen and oxygen atoms in total. The van der Waals surface area contributed by atoms with Gasteiger partial charge in [0.1, 0.15) is 5.52 Å². The number of anilines is 1. The van der Waals surface area contributed by atoms with Crippen LogP contribution in [0.15, 0.2) is 12.1 Å². The molecule has 1 aliphatic heterocycles. The van der Waals surface area contributed by atoms with Crippen LogP contribution in [0, 0.1) is 0 Å². The Morgan fingerprint density at radius 2 is 1.83 bits per heavy atom. The van der Waals surface area contributed by atoms with Crippen LogP contribution in [0.2, 0.25) is 0 Å². The first-order valence-electron chi connectivity index (χ1n) is 8.59. The summed E-state index contributed by atoms with van der Waals surface area (Å²) in [5, 5.41) is 11.8. The monoisotopic (exact) mass is 313 g/mol. The Morgan fingerprint density at radius 3 is 2.65 bits per heavy atom. The molecule has 0 spiro atoms. The topological polar surface area (TPSA) is 63.2 Å². The Labute approximate surface area is 136 Å². The zero-order chi connectivity index (χ0) is 15.5. The Bertz CT molecular complexity index is 684. The highest BCUT2D eigenvalue weighted by atomic mass is 16.5. The van der Waals surface area contributed by atoms with E-state index in [4.69, 9.17) is 4.74 Å². The lowest BCUT2D eigenvalue weighted by Gasteiger charge is -2.26. The van der Waals surface area contributed by atoms with Crippen molar-refractivity contribution in [1.29, 1.82) is 0 Å². The van der Waals surface area contributed by atoms with Crippen LogP contribution in [0.4, 0.5) is 5.95 Å². The molecule has 4 rings (SSSR count). The molecular weight excluding hydrogens is 290 g/mol. The second kappa shape index (κ2) is 6.76. The number of hydrogen-bond acceptors (Lipinski definition) is 6. The average molecular weight is 313 g/mol. The van der Waals surface area contributed by atoms with Crippen molar-refractivity contribution < 1.29 is 4.74 Å². The third-order valence-electron chi connectivity index (χ3n) is 4.71. The van der Waals surface area contributed by atoms with Crippen molar-refractivity contribution in [2.24, 2.45) is 0 Å². The van der Waals surface area contributed by atoms with Gasteiger partial charge in [-0.2, -0.15) is 0 Å². The SMILES string of the molecule is c1c2c(cc3nc(NCCCN4CCOCC4)nnc13)CCC2. The summed E-state index contributed by atoms with van der Waals surface area (Å²) in [7, 11) is 0. The van der Waals surface area contributed by atoms with E-state index in [1.165, 1.54) is 17.5 Å². The Hall–Kier alpha value is -1.79. The zero-order valence-electron chi connectivity index (χ0n) is 13.4. The molecule has 2 aromatic rings. The third kappa shape index (κ3) is 3.43. The van der Waals surface area contributed by atoms with Crippen molar-refractivity contribution in [3.63, 3.8) is 0 Å². The fraction of sp³-hybridized carbons (Fsp3) is 0.588. The van der Waals surface area contributed by atoms with E-state index in [1.807, 2.05) is 0 Å². The van der Waals surface area contributed by atoms with Gasteiger partial charge in [-0.05, 0) is 55.5 Å². The van der Waals surface area contributed by atoms with Crippen LogP contribution < -0.4 is 5.32 Å². The highest BCUT2D eigenvalue weighted by Gasteiger charge is 2.13. The lowest BCUT2D eigenvalue weighted by atomic mass is 10.1. The molecular formula is C17H23N5O. The van der Waals surface area contributed by atoms with Gasteiger partial charge in [0.25, 0.3) is 0 Å². The quantitative estimate of drug-likeness (QED) is 0.847. The van der Waals surface area contributed by atoms with Crippen LogP contribution in [0.1, 0.15) is 24.0 Å². The summed E-state index contributed by atoms with van der Waals surface area (Å²) in [5.41, 5.74) is 4.71. The number of morpholine rings is 1. The number of aryl methyl sites for hydroxylation is 2. The molecule has 0 saturated carbocycles. The zero-order valence-corrected chi connectivity index (χ0v) is 13.4. The van der Waals surface area contributed by atoms with Gasteiger partial charge in [0.05, 0.1) is 18.7 Å². The van der Waals surface area contributed by atoms with Crippen LogP contribution in [0.5, 0.6) is 0 Å². The fourth-order valence-corrected chi connectivity index (χ4v) is 3.41. The molecule has 2 heterocycles. The third-order valence-corrected chi connectivity index (χ3v) is 4.71. The lowest BCUT2D eigenvalue weighted by molar-refractivity contribution is 0.0378. The molecule has 0 atom stereocenters. The number of nitrogens with one attached hydrogen (secondary N) is 1. The molecule has 2 aliphatic rings. The molecule has 1 saturated heterocycles. The predicted octanol–water partition coefficient (Wildman–Crippen LogP) is 1.65. The smallest absolute Gasteiger partial charge is 0.243 e. The van der Waals surface area contributed by atoms with Gasteiger partial charge in [-0.25, -0.2) is 4.98 Å². The van der Waals surface area contributed by atoms with Crippen LogP contribution in [-0.4, -0.2) is 59.5 Å². The normalized spacial score (nSPS) is 18.3. The molecule has 0 unspecified atom stereocenters. The van der Waals surface area contributed by atoms with Gasteiger partial charge in [-0.1, -0.05) is 0 Å². The van der Waals surface area contributed by atoms with E-state index >= 15 is 0 Å². The molecule has 23 heavy (non-hydrogen) atoms. The summed E-state index contributed by atoms with van der Waals surface area (Å²) in [6.45, 7) is 5.75. The predicted molar refractivity (Wildman–Crippen MR) is 89.7 cm³/mol. The number of rotatable bonds is 5. The van der Waals surface area contributed by atoms with E-state index in [9.17, 15) is 0 Å². The standard InChI is InChI=1S/C17H23N5O/c1-3-13-11-15-16(12-14(13)4-1)20-21-17(19-15)18-5-2-6-22-7-9-23-10-8-22/h11-12H,1-10H2,(H,18,19,21). The summed E-state index contributed by atoms with van der Waals surface area (Å²) in [6, 6.07) is 4.34. The summed E-state index contributed by atoms with van der Waals surface area (Å²) in [4.78, 5) is 7.06.